The fraction of sp³-hybridized carbons (Fsp3) is 0.292. The van der Waals surface area contributed by atoms with E-state index in [1.165, 1.54) is 0 Å². The second-order valence-corrected chi connectivity index (χ2v) is 8.83. The molecule has 2 heterocycles. The molecule has 5 nitrogen and oxygen atoms in total. The number of rotatable bonds is 10. The number of carbonyl (C=O) groups excluding carboxylic acids is 1. The standard InChI is InChI=1S/C24H23BrCl2N2O3/c1-2-31-24(30)13-17-9-10-19(25)11-16(17)5-3-6-18-12-20(26)14-28-21(18)15-32-23-8-4-7-22(27)29-23/h4,7-12,14H,2-3,5-6,13,15H2,1H3. The summed E-state index contributed by atoms with van der Waals surface area (Å²) >= 11 is 15.6. The van der Waals surface area contributed by atoms with Gasteiger partial charge in [-0.25, -0.2) is 4.98 Å². The van der Waals surface area contributed by atoms with Gasteiger partial charge in [0.05, 0.1) is 23.7 Å². The van der Waals surface area contributed by atoms with E-state index in [0.29, 0.717) is 22.7 Å². The maximum absolute atomic E-state index is 12.0. The lowest BCUT2D eigenvalue weighted by Gasteiger charge is -2.12. The molecule has 0 aliphatic carbocycles. The van der Waals surface area contributed by atoms with Crippen molar-refractivity contribution in [3.05, 3.63) is 85.7 Å². The Kier molecular flexibility index (Phi) is 9.33. The molecule has 0 N–H and O–H groups in total. The monoisotopic (exact) mass is 536 g/mol. The Bertz CT molecular complexity index is 1080. The first kappa shape index (κ1) is 24.5. The fourth-order valence-electron chi connectivity index (χ4n) is 3.30. The first-order valence-corrected chi connectivity index (χ1v) is 11.8. The molecule has 0 amide bonds. The number of halogens is 3. The van der Waals surface area contributed by atoms with Crippen molar-refractivity contribution in [1.82, 2.24) is 9.97 Å². The third kappa shape index (κ3) is 7.47. The Morgan fingerprint density at radius 2 is 1.88 bits per heavy atom. The number of esters is 1. The molecular formula is C24H23BrCl2N2O3. The number of nitrogens with zero attached hydrogens (tertiary/aromatic N) is 2. The second kappa shape index (κ2) is 12.2. The van der Waals surface area contributed by atoms with Gasteiger partial charge >= 0.3 is 5.97 Å². The highest BCUT2D eigenvalue weighted by Crippen LogP contribution is 2.22. The number of aryl methyl sites for hydroxylation is 2. The lowest BCUT2D eigenvalue weighted by Crippen LogP contribution is -2.09. The van der Waals surface area contributed by atoms with E-state index in [-0.39, 0.29) is 19.0 Å². The molecule has 32 heavy (non-hydrogen) atoms. The molecule has 0 aliphatic rings. The summed E-state index contributed by atoms with van der Waals surface area (Å²) < 4.78 is 11.8. The van der Waals surface area contributed by atoms with E-state index in [9.17, 15) is 4.79 Å². The Labute approximate surface area is 206 Å². The van der Waals surface area contributed by atoms with Gasteiger partial charge in [0.1, 0.15) is 11.8 Å². The van der Waals surface area contributed by atoms with Crippen LogP contribution in [0.5, 0.6) is 5.88 Å². The smallest absolute Gasteiger partial charge is 0.310 e. The first-order chi connectivity index (χ1) is 15.4. The van der Waals surface area contributed by atoms with E-state index in [4.69, 9.17) is 32.7 Å². The zero-order chi connectivity index (χ0) is 22.9. The van der Waals surface area contributed by atoms with Crippen LogP contribution in [0.4, 0.5) is 0 Å². The molecule has 3 aromatic rings. The van der Waals surface area contributed by atoms with Gasteiger partial charge < -0.3 is 9.47 Å². The predicted octanol–water partition coefficient (Wildman–Crippen LogP) is 6.41. The number of carbonyl (C=O) groups is 1. The molecule has 0 aliphatic heterocycles. The highest BCUT2D eigenvalue weighted by Gasteiger charge is 2.12. The molecule has 0 radical (unpaired) electrons. The van der Waals surface area contributed by atoms with Gasteiger partial charge in [0.25, 0.3) is 0 Å². The van der Waals surface area contributed by atoms with Crippen molar-refractivity contribution in [2.45, 2.75) is 39.2 Å². The molecule has 0 fully saturated rings. The van der Waals surface area contributed by atoms with Crippen LogP contribution in [-0.2, 0) is 35.4 Å². The molecule has 0 saturated heterocycles. The quantitative estimate of drug-likeness (QED) is 0.221. The van der Waals surface area contributed by atoms with Gasteiger partial charge in [0.2, 0.25) is 5.88 Å². The third-order valence-corrected chi connectivity index (χ3v) is 5.68. The maximum Gasteiger partial charge on any atom is 0.310 e. The SMILES string of the molecule is CCOC(=O)Cc1ccc(Br)cc1CCCc1cc(Cl)cnc1COc1cccc(Cl)n1. The summed E-state index contributed by atoms with van der Waals surface area (Å²) in [5, 5.41) is 0.953. The molecule has 0 atom stereocenters. The zero-order valence-electron chi connectivity index (χ0n) is 17.6. The molecule has 1 aromatic carbocycles. The normalized spacial score (nSPS) is 10.8. The van der Waals surface area contributed by atoms with Gasteiger partial charge in [-0.05, 0) is 67.1 Å². The van der Waals surface area contributed by atoms with E-state index >= 15 is 0 Å². The van der Waals surface area contributed by atoms with Crippen molar-refractivity contribution >= 4 is 45.1 Å². The van der Waals surface area contributed by atoms with Crippen LogP contribution < -0.4 is 4.74 Å². The highest BCUT2D eigenvalue weighted by molar-refractivity contribution is 9.10. The molecule has 0 bridgehead atoms. The average molecular weight is 538 g/mol. The molecule has 0 saturated carbocycles. The van der Waals surface area contributed by atoms with Crippen LogP contribution in [0.25, 0.3) is 0 Å². The summed E-state index contributed by atoms with van der Waals surface area (Å²) in [4.78, 5) is 20.5. The van der Waals surface area contributed by atoms with Gasteiger partial charge in [-0.3, -0.25) is 9.78 Å². The van der Waals surface area contributed by atoms with Gasteiger partial charge in [-0.1, -0.05) is 51.3 Å². The highest BCUT2D eigenvalue weighted by atomic mass is 79.9. The van der Waals surface area contributed by atoms with Crippen LogP contribution >= 0.6 is 39.1 Å². The summed E-state index contributed by atoms with van der Waals surface area (Å²) in [5.41, 5.74) is 3.91. The average Bonchev–Trinajstić information content (AvgIpc) is 2.75. The Balaban J connectivity index is 1.66. The van der Waals surface area contributed by atoms with Gasteiger partial charge in [0, 0.05) is 16.7 Å². The summed E-state index contributed by atoms with van der Waals surface area (Å²) in [7, 11) is 0. The largest absolute Gasteiger partial charge is 0.471 e. The summed E-state index contributed by atoms with van der Waals surface area (Å²) in [6.45, 7) is 2.45. The van der Waals surface area contributed by atoms with Crippen molar-refractivity contribution < 1.29 is 14.3 Å². The lowest BCUT2D eigenvalue weighted by molar-refractivity contribution is -0.142. The van der Waals surface area contributed by atoms with E-state index < -0.39 is 0 Å². The molecule has 2 aromatic heterocycles. The van der Waals surface area contributed by atoms with Crippen LogP contribution in [-0.4, -0.2) is 22.5 Å². The summed E-state index contributed by atoms with van der Waals surface area (Å²) in [6.07, 6.45) is 4.30. The number of hydrogen-bond acceptors (Lipinski definition) is 5. The van der Waals surface area contributed by atoms with E-state index in [1.54, 1.807) is 24.4 Å². The number of pyridine rings is 2. The zero-order valence-corrected chi connectivity index (χ0v) is 20.7. The molecule has 0 unspecified atom stereocenters. The van der Waals surface area contributed by atoms with E-state index in [0.717, 1.165) is 46.1 Å². The second-order valence-electron chi connectivity index (χ2n) is 7.09. The Morgan fingerprint density at radius 1 is 1.06 bits per heavy atom. The molecule has 168 valence electrons. The molecular weight excluding hydrogens is 515 g/mol. The van der Waals surface area contributed by atoms with Crippen molar-refractivity contribution in [2.24, 2.45) is 0 Å². The van der Waals surface area contributed by atoms with Crippen LogP contribution in [0.1, 0.15) is 35.7 Å². The number of benzene rings is 1. The number of ether oxygens (including phenoxy) is 2. The van der Waals surface area contributed by atoms with Crippen LogP contribution in [0.3, 0.4) is 0 Å². The van der Waals surface area contributed by atoms with Gasteiger partial charge in [-0.15, -0.1) is 0 Å². The van der Waals surface area contributed by atoms with Crippen molar-refractivity contribution in [3.8, 4) is 5.88 Å². The molecule has 3 rings (SSSR count). The van der Waals surface area contributed by atoms with E-state index in [2.05, 4.69) is 32.0 Å². The number of aromatic nitrogens is 2. The lowest BCUT2D eigenvalue weighted by atomic mass is 9.98. The number of hydrogen-bond donors (Lipinski definition) is 0. The van der Waals surface area contributed by atoms with Crippen LogP contribution in [0.2, 0.25) is 10.2 Å². The van der Waals surface area contributed by atoms with Crippen molar-refractivity contribution in [3.63, 3.8) is 0 Å². The summed E-state index contributed by atoms with van der Waals surface area (Å²) in [6, 6.07) is 13.1. The van der Waals surface area contributed by atoms with Crippen LogP contribution in [0, 0.1) is 0 Å². The maximum atomic E-state index is 12.0. The first-order valence-electron chi connectivity index (χ1n) is 10.3. The molecule has 8 heteroatoms. The topological polar surface area (TPSA) is 61.3 Å². The predicted molar refractivity (Wildman–Crippen MR) is 129 cm³/mol. The van der Waals surface area contributed by atoms with Crippen molar-refractivity contribution in [2.75, 3.05) is 6.61 Å². The van der Waals surface area contributed by atoms with Crippen LogP contribution in [0.15, 0.2) is 53.1 Å². The fourth-order valence-corrected chi connectivity index (χ4v) is 4.05. The Hall–Kier alpha value is -2.15. The minimum Gasteiger partial charge on any atom is -0.471 e. The third-order valence-electron chi connectivity index (χ3n) is 4.77. The minimum absolute atomic E-state index is 0.218. The van der Waals surface area contributed by atoms with Gasteiger partial charge in [0.15, 0.2) is 0 Å². The Morgan fingerprint density at radius 3 is 2.66 bits per heavy atom. The van der Waals surface area contributed by atoms with Gasteiger partial charge in [-0.2, -0.15) is 0 Å². The molecule has 0 spiro atoms. The van der Waals surface area contributed by atoms with Crippen molar-refractivity contribution in [1.29, 1.82) is 0 Å². The minimum atomic E-state index is -0.218. The summed E-state index contributed by atoms with van der Waals surface area (Å²) in [5.74, 6) is 0.224. The van der Waals surface area contributed by atoms with E-state index in [1.807, 2.05) is 25.1 Å².